The first-order valence-corrected chi connectivity index (χ1v) is 11.6. The first-order valence-electron chi connectivity index (χ1n) is 11.6. The van der Waals surface area contributed by atoms with Crippen LogP contribution in [0.25, 0.3) is 0 Å². The SMILES string of the molecule is CC(C)(C)N1CCC2CCC(CC(C)(C)N3CCOC4COCCC43)OC2C1. The van der Waals surface area contributed by atoms with Gasteiger partial charge in [-0.3, -0.25) is 9.80 Å². The van der Waals surface area contributed by atoms with Crippen LogP contribution in [0.2, 0.25) is 0 Å². The molecule has 4 saturated heterocycles. The van der Waals surface area contributed by atoms with Crippen molar-refractivity contribution >= 4 is 0 Å². The fourth-order valence-electron chi connectivity index (χ4n) is 6.03. The Bertz CT molecular complexity index is 530. The van der Waals surface area contributed by atoms with E-state index in [0.717, 1.165) is 51.7 Å². The number of fused-ring (bicyclic) bond motifs is 2. The zero-order valence-electron chi connectivity index (χ0n) is 18.8. The summed E-state index contributed by atoms with van der Waals surface area (Å²) in [5.41, 5.74) is 0.381. The zero-order valence-corrected chi connectivity index (χ0v) is 18.8. The Morgan fingerprint density at radius 2 is 1.71 bits per heavy atom. The molecule has 0 aromatic carbocycles. The van der Waals surface area contributed by atoms with Crippen molar-refractivity contribution in [3.8, 4) is 0 Å². The maximum atomic E-state index is 6.75. The Hall–Kier alpha value is -0.200. The molecule has 4 rings (SSSR count). The van der Waals surface area contributed by atoms with Crippen LogP contribution in [0.5, 0.6) is 0 Å². The summed E-state index contributed by atoms with van der Waals surface area (Å²) in [6.45, 7) is 17.6. The summed E-state index contributed by atoms with van der Waals surface area (Å²) in [5.74, 6) is 0.765. The van der Waals surface area contributed by atoms with Crippen molar-refractivity contribution in [2.75, 3.05) is 39.5 Å². The highest BCUT2D eigenvalue weighted by atomic mass is 16.5. The summed E-state index contributed by atoms with van der Waals surface area (Å²) in [6.07, 6.45) is 7.12. The molecular weight excluding hydrogens is 352 g/mol. The molecule has 0 aliphatic carbocycles. The first-order chi connectivity index (χ1) is 13.2. The van der Waals surface area contributed by atoms with Gasteiger partial charge in [0.1, 0.15) is 0 Å². The lowest BCUT2D eigenvalue weighted by molar-refractivity contribution is -0.173. The summed E-state index contributed by atoms with van der Waals surface area (Å²) in [6, 6.07) is 0.500. The molecule has 0 spiro atoms. The Balaban J connectivity index is 1.38. The van der Waals surface area contributed by atoms with Crippen LogP contribution in [0, 0.1) is 5.92 Å². The highest BCUT2D eigenvalue weighted by Crippen LogP contribution is 2.38. The minimum Gasteiger partial charge on any atom is -0.379 e. The topological polar surface area (TPSA) is 34.2 Å². The second-order valence-corrected chi connectivity index (χ2v) is 11.1. The van der Waals surface area contributed by atoms with E-state index in [9.17, 15) is 0 Å². The lowest BCUT2D eigenvalue weighted by atomic mass is 9.81. The van der Waals surface area contributed by atoms with Gasteiger partial charge in [0.05, 0.1) is 31.5 Å². The van der Waals surface area contributed by atoms with Gasteiger partial charge >= 0.3 is 0 Å². The second kappa shape index (κ2) is 8.14. The molecule has 0 aromatic rings. The molecule has 5 atom stereocenters. The number of piperidine rings is 1. The third-order valence-corrected chi connectivity index (χ3v) is 7.71. The summed E-state index contributed by atoms with van der Waals surface area (Å²) in [4.78, 5) is 5.33. The number of hydrogen-bond donors (Lipinski definition) is 0. The second-order valence-electron chi connectivity index (χ2n) is 11.1. The molecule has 0 saturated carbocycles. The molecule has 28 heavy (non-hydrogen) atoms. The molecule has 5 heteroatoms. The molecule has 4 fully saturated rings. The van der Waals surface area contributed by atoms with Crippen molar-refractivity contribution in [3.63, 3.8) is 0 Å². The van der Waals surface area contributed by atoms with Gasteiger partial charge in [-0.1, -0.05) is 0 Å². The molecule has 5 unspecified atom stereocenters. The minimum absolute atomic E-state index is 0.139. The Morgan fingerprint density at radius 1 is 0.893 bits per heavy atom. The molecule has 4 aliphatic heterocycles. The van der Waals surface area contributed by atoms with E-state index in [4.69, 9.17) is 14.2 Å². The van der Waals surface area contributed by atoms with E-state index in [1.807, 2.05) is 0 Å². The summed E-state index contributed by atoms with van der Waals surface area (Å²) in [7, 11) is 0. The minimum atomic E-state index is 0.139. The fourth-order valence-corrected chi connectivity index (χ4v) is 6.03. The Morgan fingerprint density at radius 3 is 2.50 bits per heavy atom. The third-order valence-electron chi connectivity index (χ3n) is 7.71. The molecule has 0 amide bonds. The van der Waals surface area contributed by atoms with Crippen LogP contribution in [0.4, 0.5) is 0 Å². The average molecular weight is 395 g/mol. The molecular formula is C23H42N2O3. The van der Waals surface area contributed by atoms with Gasteiger partial charge in [-0.2, -0.15) is 0 Å². The molecule has 0 N–H and O–H groups in total. The summed E-state index contributed by atoms with van der Waals surface area (Å²) < 4.78 is 18.4. The molecule has 5 nitrogen and oxygen atoms in total. The molecule has 4 aliphatic rings. The molecule has 162 valence electrons. The third kappa shape index (κ3) is 4.44. The predicted octanol–water partition coefficient (Wildman–Crippen LogP) is 3.31. The Kier molecular flexibility index (Phi) is 6.12. The zero-order chi connectivity index (χ0) is 19.9. The maximum Gasteiger partial charge on any atom is 0.0964 e. The summed E-state index contributed by atoms with van der Waals surface area (Å²) in [5, 5.41) is 0. The van der Waals surface area contributed by atoms with Crippen molar-refractivity contribution in [2.24, 2.45) is 5.92 Å². The van der Waals surface area contributed by atoms with Crippen LogP contribution < -0.4 is 0 Å². The van der Waals surface area contributed by atoms with Gasteiger partial charge in [-0.25, -0.2) is 0 Å². The van der Waals surface area contributed by atoms with Crippen molar-refractivity contribution in [3.05, 3.63) is 0 Å². The normalized spacial score (nSPS) is 38.7. The van der Waals surface area contributed by atoms with E-state index >= 15 is 0 Å². The van der Waals surface area contributed by atoms with Gasteiger partial charge in [-0.05, 0) is 79.2 Å². The van der Waals surface area contributed by atoms with Crippen LogP contribution in [-0.2, 0) is 14.2 Å². The fraction of sp³-hybridized carbons (Fsp3) is 1.00. The van der Waals surface area contributed by atoms with Crippen LogP contribution in [0.1, 0.15) is 66.7 Å². The van der Waals surface area contributed by atoms with Crippen LogP contribution in [0.3, 0.4) is 0 Å². The van der Waals surface area contributed by atoms with Crippen molar-refractivity contribution in [2.45, 2.75) is 102 Å². The van der Waals surface area contributed by atoms with Crippen LogP contribution in [-0.4, -0.2) is 84.7 Å². The average Bonchev–Trinajstić information content (AvgIpc) is 2.66. The molecule has 0 bridgehead atoms. The standard InChI is InChI=1S/C23H42N2O3/c1-22(2,3)24-10-8-17-6-7-18(28-20(17)15-24)14-23(4,5)25-11-13-27-21-16-26-12-9-19(21)25/h17-21H,6-16H2,1-5H3. The lowest BCUT2D eigenvalue weighted by Crippen LogP contribution is -2.63. The maximum absolute atomic E-state index is 6.75. The summed E-state index contributed by atoms with van der Waals surface area (Å²) >= 11 is 0. The van der Waals surface area contributed by atoms with E-state index in [0.29, 0.717) is 18.2 Å². The smallest absolute Gasteiger partial charge is 0.0964 e. The molecule has 0 aromatic heterocycles. The van der Waals surface area contributed by atoms with Gasteiger partial charge in [0.2, 0.25) is 0 Å². The van der Waals surface area contributed by atoms with Crippen LogP contribution in [0.15, 0.2) is 0 Å². The monoisotopic (exact) mass is 394 g/mol. The largest absolute Gasteiger partial charge is 0.379 e. The number of likely N-dealkylation sites (tertiary alicyclic amines) is 1. The highest BCUT2D eigenvalue weighted by Gasteiger charge is 2.44. The van der Waals surface area contributed by atoms with Gasteiger partial charge in [0.25, 0.3) is 0 Å². The van der Waals surface area contributed by atoms with Gasteiger partial charge < -0.3 is 14.2 Å². The van der Waals surface area contributed by atoms with Crippen LogP contribution >= 0.6 is 0 Å². The lowest BCUT2D eigenvalue weighted by Gasteiger charge is -2.53. The number of morpholine rings is 1. The number of nitrogens with zero attached hydrogens (tertiary/aromatic N) is 2. The van der Waals surface area contributed by atoms with Gasteiger partial charge in [0, 0.05) is 36.8 Å². The van der Waals surface area contributed by atoms with E-state index in [1.54, 1.807) is 0 Å². The van der Waals surface area contributed by atoms with Gasteiger partial charge in [0.15, 0.2) is 0 Å². The predicted molar refractivity (Wildman–Crippen MR) is 112 cm³/mol. The van der Waals surface area contributed by atoms with E-state index in [1.165, 1.54) is 25.8 Å². The van der Waals surface area contributed by atoms with E-state index in [2.05, 4.69) is 44.4 Å². The number of rotatable bonds is 3. The number of ether oxygens (including phenoxy) is 3. The Labute approximate surface area is 172 Å². The van der Waals surface area contributed by atoms with Crippen molar-refractivity contribution in [1.82, 2.24) is 9.80 Å². The first kappa shape index (κ1) is 21.0. The van der Waals surface area contributed by atoms with Crippen molar-refractivity contribution in [1.29, 1.82) is 0 Å². The van der Waals surface area contributed by atoms with Crippen molar-refractivity contribution < 1.29 is 14.2 Å². The van der Waals surface area contributed by atoms with E-state index in [-0.39, 0.29) is 17.2 Å². The molecule has 4 heterocycles. The highest BCUT2D eigenvalue weighted by molar-refractivity contribution is 4.97. The number of hydrogen-bond acceptors (Lipinski definition) is 5. The van der Waals surface area contributed by atoms with Gasteiger partial charge in [-0.15, -0.1) is 0 Å². The van der Waals surface area contributed by atoms with E-state index < -0.39 is 0 Å². The quantitative estimate of drug-likeness (QED) is 0.734. The molecule has 0 radical (unpaired) electrons.